The predicted octanol–water partition coefficient (Wildman–Crippen LogP) is 6.46. The molecule has 5 nitrogen and oxygen atoms in total. The second kappa shape index (κ2) is 13.7. The van der Waals surface area contributed by atoms with Crippen LogP contribution >= 0.6 is 0 Å². The number of hydrogen-bond donors (Lipinski definition) is 1. The Morgan fingerprint density at radius 3 is 2.68 bits per heavy atom. The predicted molar refractivity (Wildman–Crippen MR) is 152 cm³/mol. The van der Waals surface area contributed by atoms with E-state index in [-0.39, 0.29) is 12.5 Å². The highest BCUT2D eigenvalue weighted by Crippen LogP contribution is 2.41. The molecular formula is C32H45N3O2. The summed E-state index contributed by atoms with van der Waals surface area (Å²) in [7, 11) is 2.13. The quantitative estimate of drug-likeness (QED) is 0.348. The van der Waals surface area contributed by atoms with Crippen molar-refractivity contribution in [3.63, 3.8) is 0 Å². The topological polar surface area (TPSA) is 61.8 Å². The van der Waals surface area contributed by atoms with Gasteiger partial charge in [0.05, 0.1) is 6.54 Å². The summed E-state index contributed by atoms with van der Waals surface area (Å²) in [6.45, 7) is 3.31. The van der Waals surface area contributed by atoms with Crippen LogP contribution in [0.1, 0.15) is 84.0 Å². The van der Waals surface area contributed by atoms with Gasteiger partial charge in [-0.05, 0) is 73.8 Å². The van der Waals surface area contributed by atoms with E-state index in [4.69, 9.17) is 4.99 Å². The fourth-order valence-corrected chi connectivity index (χ4v) is 6.54. The van der Waals surface area contributed by atoms with E-state index in [1.807, 2.05) is 0 Å². The van der Waals surface area contributed by atoms with Gasteiger partial charge in [-0.3, -0.25) is 4.79 Å². The van der Waals surface area contributed by atoms with Crippen molar-refractivity contribution < 1.29 is 9.59 Å². The Labute approximate surface area is 223 Å². The number of nitrogens with one attached hydrogen (secondary N) is 1. The highest BCUT2D eigenvalue weighted by Gasteiger charge is 2.29. The van der Waals surface area contributed by atoms with E-state index in [0.717, 1.165) is 42.1 Å². The molecule has 37 heavy (non-hydrogen) atoms. The first-order valence-corrected chi connectivity index (χ1v) is 14.5. The van der Waals surface area contributed by atoms with E-state index in [9.17, 15) is 9.59 Å². The number of nitrogens with zero attached hydrogens (tertiary/aromatic N) is 2. The van der Waals surface area contributed by atoms with Gasteiger partial charge in [-0.1, -0.05) is 68.6 Å². The van der Waals surface area contributed by atoms with Crippen LogP contribution in [-0.2, 0) is 9.59 Å². The maximum atomic E-state index is 11.8. The van der Waals surface area contributed by atoms with Gasteiger partial charge < -0.3 is 15.0 Å². The molecule has 4 rings (SSSR count). The summed E-state index contributed by atoms with van der Waals surface area (Å²) in [5.74, 6) is 3.73. The first-order chi connectivity index (χ1) is 18.1. The maximum Gasteiger partial charge on any atom is 0.220 e. The molecule has 1 amide bonds. The van der Waals surface area contributed by atoms with Crippen molar-refractivity contribution in [2.45, 2.75) is 84.0 Å². The van der Waals surface area contributed by atoms with Gasteiger partial charge in [0.2, 0.25) is 5.91 Å². The van der Waals surface area contributed by atoms with Crippen LogP contribution in [0.2, 0.25) is 0 Å². The molecule has 200 valence electrons. The minimum absolute atomic E-state index is 0.0813. The number of carbonyl (C=O) groups is 2. The minimum atomic E-state index is -0.0813. The fraction of sp³-hybridized carbons (Fsp3) is 0.594. The summed E-state index contributed by atoms with van der Waals surface area (Å²) in [4.78, 5) is 29.4. The Hall–Kier alpha value is -2.69. The average Bonchev–Trinajstić information content (AvgIpc) is 3.17. The lowest BCUT2D eigenvalue weighted by Gasteiger charge is -2.36. The van der Waals surface area contributed by atoms with Crippen molar-refractivity contribution in [3.05, 3.63) is 58.9 Å². The van der Waals surface area contributed by atoms with E-state index >= 15 is 0 Å². The molecule has 1 unspecified atom stereocenters. The molecule has 0 spiro atoms. The number of allylic oxidation sites excluding steroid dienone is 5. The van der Waals surface area contributed by atoms with Crippen LogP contribution in [-0.4, -0.2) is 43.1 Å². The number of amides is 1. The molecule has 1 N–H and O–H groups in total. The van der Waals surface area contributed by atoms with Crippen molar-refractivity contribution in [2.24, 2.45) is 22.7 Å². The van der Waals surface area contributed by atoms with Gasteiger partial charge in [0.1, 0.15) is 12.1 Å². The van der Waals surface area contributed by atoms with Gasteiger partial charge in [0, 0.05) is 31.8 Å². The molecule has 5 heteroatoms. The van der Waals surface area contributed by atoms with Crippen LogP contribution in [0.4, 0.5) is 0 Å². The van der Waals surface area contributed by atoms with E-state index in [0.29, 0.717) is 19.1 Å². The van der Waals surface area contributed by atoms with Crippen LogP contribution in [0, 0.1) is 17.8 Å². The minimum Gasteiger partial charge on any atom is -0.355 e. The molecular weight excluding hydrogens is 458 g/mol. The molecule has 1 fully saturated rings. The highest BCUT2D eigenvalue weighted by molar-refractivity contribution is 6.02. The number of aliphatic imine (C=N–C) groups is 1. The Kier molecular flexibility index (Phi) is 10.2. The molecule has 4 aliphatic rings. The standard InChI is InChI=1S/C32H45N3O2/c1-3-5-24-8-12-26(13-9-24)27-15-17-28(18-16-27)30-22-34-32(35(2)23-30)29-7-4-6-25(10-14-29)11-19-31(37)33-20-21-36/h4,7,10,14,17,21-22,24,26-27H,3,5-6,8-9,11-13,15-16,18-20,23H2,1-2H3,(H,33,37). The number of carbonyl (C=O) groups excluding carboxylic acids is 2. The van der Waals surface area contributed by atoms with Gasteiger partial charge in [0.15, 0.2) is 0 Å². The van der Waals surface area contributed by atoms with Gasteiger partial charge in [-0.25, -0.2) is 4.99 Å². The van der Waals surface area contributed by atoms with Crippen molar-refractivity contribution in [1.82, 2.24) is 10.2 Å². The number of aldehydes is 1. The summed E-state index contributed by atoms with van der Waals surface area (Å²) >= 11 is 0. The molecule has 1 heterocycles. The molecule has 1 aliphatic heterocycles. The Morgan fingerprint density at radius 1 is 1.14 bits per heavy atom. The van der Waals surface area contributed by atoms with Gasteiger partial charge >= 0.3 is 0 Å². The van der Waals surface area contributed by atoms with Crippen LogP contribution in [0.15, 0.2) is 63.9 Å². The lowest BCUT2D eigenvalue weighted by Crippen LogP contribution is -2.33. The fourth-order valence-electron chi connectivity index (χ4n) is 6.54. The third-order valence-electron chi connectivity index (χ3n) is 8.72. The van der Waals surface area contributed by atoms with E-state index in [2.05, 4.69) is 60.8 Å². The first-order valence-electron chi connectivity index (χ1n) is 14.5. The summed E-state index contributed by atoms with van der Waals surface area (Å²) < 4.78 is 0. The zero-order valence-corrected chi connectivity index (χ0v) is 22.9. The molecule has 0 radical (unpaired) electrons. The largest absolute Gasteiger partial charge is 0.355 e. The number of likely N-dealkylation sites (N-methyl/N-ethyl adjacent to an activating group) is 1. The molecule has 1 saturated carbocycles. The Balaban J connectivity index is 1.33. The molecule has 0 bridgehead atoms. The molecule has 0 aromatic carbocycles. The average molecular weight is 504 g/mol. The zero-order chi connectivity index (χ0) is 26.0. The summed E-state index contributed by atoms with van der Waals surface area (Å²) in [5.41, 5.74) is 5.19. The van der Waals surface area contributed by atoms with Crippen molar-refractivity contribution in [3.8, 4) is 0 Å². The van der Waals surface area contributed by atoms with Crippen molar-refractivity contribution in [2.75, 3.05) is 20.1 Å². The second-order valence-electron chi connectivity index (χ2n) is 11.3. The number of amidine groups is 1. The second-order valence-corrected chi connectivity index (χ2v) is 11.3. The third-order valence-corrected chi connectivity index (χ3v) is 8.72. The maximum absolute atomic E-state index is 11.8. The van der Waals surface area contributed by atoms with Crippen LogP contribution in [0.25, 0.3) is 0 Å². The summed E-state index contributed by atoms with van der Waals surface area (Å²) in [5, 5.41) is 2.61. The smallest absolute Gasteiger partial charge is 0.220 e. The molecule has 0 saturated heterocycles. The van der Waals surface area contributed by atoms with Crippen molar-refractivity contribution in [1.29, 1.82) is 0 Å². The lowest BCUT2D eigenvalue weighted by atomic mass is 9.70. The van der Waals surface area contributed by atoms with Gasteiger partial charge in [-0.15, -0.1) is 0 Å². The van der Waals surface area contributed by atoms with Crippen LogP contribution in [0.5, 0.6) is 0 Å². The number of rotatable bonds is 10. The van der Waals surface area contributed by atoms with E-state index in [1.165, 1.54) is 74.5 Å². The highest BCUT2D eigenvalue weighted by atomic mass is 16.2. The van der Waals surface area contributed by atoms with Gasteiger partial charge in [0.25, 0.3) is 0 Å². The molecule has 3 aliphatic carbocycles. The van der Waals surface area contributed by atoms with Crippen LogP contribution < -0.4 is 5.32 Å². The first kappa shape index (κ1) is 27.3. The number of hydrogen-bond acceptors (Lipinski definition) is 4. The Bertz CT molecular complexity index is 1010. The monoisotopic (exact) mass is 503 g/mol. The van der Waals surface area contributed by atoms with E-state index in [1.54, 1.807) is 0 Å². The summed E-state index contributed by atoms with van der Waals surface area (Å²) in [6, 6.07) is 0. The lowest BCUT2D eigenvalue weighted by molar-refractivity contribution is -0.122. The Morgan fingerprint density at radius 2 is 1.97 bits per heavy atom. The van der Waals surface area contributed by atoms with Gasteiger partial charge in [-0.2, -0.15) is 0 Å². The van der Waals surface area contributed by atoms with Crippen molar-refractivity contribution >= 4 is 18.0 Å². The molecule has 0 aromatic heterocycles. The molecule has 0 aromatic rings. The molecule has 1 atom stereocenters. The van der Waals surface area contributed by atoms with E-state index < -0.39 is 0 Å². The SMILES string of the molecule is CCCC1CCC(C2CC=C(C3=CN=C(C4=CC=C(CCC(=O)NCC=O)CC=C4)N(C)C3)CC2)CC1. The zero-order valence-electron chi connectivity index (χ0n) is 22.9. The third kappa shape index (κ3) is 7.66. The summed E-state index contributed by atoms with van der Waals surface area (Å²) in [6.07, 6.45) is 28.1. The normalized spacial score (nSPS) is 26.3. The van der Waals surface area contributed by atoms with Crippen LogP contribution in [0.3, 0.4) is 0 Å².